The molecule has 0 saturated heterocycles. The van der Waals surface area contributed by atoms with E-state index in [1.165, 1.54) is 0 Å². The monoisotopic (exact) mass is 330 g/mol. The van der Waals surface area contributed by atoms with Crippen molar-refractivity contribution in [3.05, 3.63) is 29.9 Å². The molecule has 1 unspecified atom stereocenters. The van der Waals surface area contributed by atoms with E-state index >= 15 is 0 Å². The zero-order valence-electron chi connectivity index (χ0n) is 14.6. The lowest BCUT2D eigenvalue weighted by Crippen LogP contribution is -2.41. The number of unbranched alkanes of at least 4 members (excludes halogenated alkanes) is 1. The van der Waals surface area contributed by atoms with Crippen molar-refractivity contribution >= 4 is 11.8 Å². The van der Waals surface area contributed by atoms with E-state index in [9.17, 15) is 9.59 Å². The Labute approximate surface area is 143 Å². The Morgan fingerprint density at radius 2 is 1.96 bits per heavy atom. The van der Waals surface area contributed by atoms with Gasteiger partial charge in [0.2, 0.25) is 11.8 Å². The topological polar surface area (TPSA) is 58.4 Å². The summed E-state index contributed by atoms with van der Waals surface area (Å²) in [6, 6.07) is -0.0274. The number of amides is 2. The lowest BCUT2D eigenvalue weighted by Gasteiger charge is -2.33. The van der Waals surface area contributed by atoms with Gasteiger partial charge in [0.15, 0.2) is 0 Å². The summed E-state index contributed by atoms with van der Waals surface area (Å²) in [6.07, 6.45) is 8.89. The number of aromatic nitrogens is 2. The van der Waals surface area contributed by atoms with Crippen LogP contribution in [0, 0.1) is 0 Å². The van der Waals surface area contributed by atoms with Gasteiger partial charge in [-0.1, -0.05) is 25.5 Å². The van der Waals surface area contributed by atoms with Crippen molar-refractivity contribution in [3.8, 4) is 0 Å². The molecule has 3 heterocycles. The first-order chi connectivity index (χ1) is 11.6. The summed E-state index contributed by atoms with van der Waals surface area (Å²) in [6.45, 7) is 6.99. The number of imidazole rings is 1. The molecular formula is C18H26N4O2. The predicted molar refractivity (Wildman–Crippen MR) is 91.3 cm³/mol. The number of hydrogen-bond donors (Lipinski definition) is 0. The molecule has 0 radical (unpaired) electrons. The van der Waals surface area contributed by atoms with Crippen LogP contribution in [0.2, 0.25) is 0 Å². The van der Waals surface area contributed by atoms with Crippen LogP contribution < -0.4 is 0 Å². The Morgan fingerprint density at radius 3 is 2.67 bits per heavy atom. The molecule has 6 heteroatoms. The van der Waals surface area contributed by atoms with Crippen LogP contribution in [0.3, 0.4) is 0 Å². The van der Waals surface area contributed by atoms with Gasteiger partial charge in [0.1, 0.15) is 5.82 Å². The number of hydrogen-bond acceptors (Lipinski definition) is 3. The van der Waals surface area contributed by atoms with Crippen LogP contribution in [-0.4, -0.2) is 50.8 Å². The van der Waals surface area contributed by atoms with E-state index in [1.54, 1.807) is 0 Å². The summed E-state index contributed by atoms with van der Waals surface area (Å²) in [7, 11) is 0. The van der Waals surface area contributed by atoms with Crippen molar-refractivity contribution in [2.45, 2.75) is 52.1 Å². The molecule has 3 rings (SSSR count). The summed E-state index contributed by atoms with van der Waals surface area (Å²) in [4.78, 5) is 33.0. The van der Waals surface area contributed by atoms with Gasteiger partial charge >= 0.3 is 0 Å². The highest BCUT2D eigenvalue weighted by atomic mass is 16.2. The summed E-state index contributed by atoms with van der Waals surface area (Å²) in [5.74, 6) is 1.21. The van der Waals surface area contributed by atoms with Crippen LogP contribution in [0.4, 0.5) is 0 Å². The second-order valence-corrected chi connectivity index (χ2v) is 6.60. The van der Waals surface area contributed by atoms with E-state index in [0.29, 0.717) is 25.9 Å². The summed E-state index contributed by atoms with van der Waals surface area (Å²) in [5, 5.41) is 0. The van der Waals surface area contributed by atoms with Crippen molar-refractivity contribution in [2.75, 3.05) is 19.6 Å². The Hall–Kier alpha value is -2.11. The van der Waals surface area contributed by atoms with Crippen LogP contribution in [0.25, 0.3) is 0 Å². The lowest BCUT2D eigenvalue weighted by molar-refractivity contribution is -0.134. The van der Waals surface area contributed by atoms with Crippen molar-refractivity contribution in [1.29, 1.82) is 0 Å². The summed E-state index contributed by atoms with van der Waals surface area (Å²) < 4.78 is 2.10. The van der Waals surface area contributed by atoms with Gasteiger partial charge in [0.25, 0.3) is 0 Å². The molecule has 0 saturated carbocycles. The highest BCUT2D eigenvalue weighted by Crippen LogP contribution is 2.26. The Bertz CT molecular complexity index is 641. The highest BCUT2D eigenvalue weighted by molar-refractivity contribution is 5.79. The quantitative estimate of drug-likeness (QED) is 0.775. The normalized spacial score (nSPS) is 19.7. The van der Waals surface area contributed by atoms with Gasteiger partial charge in [-0.2, -0.15) is 0 Å². The van der Waals surface area contributed by atoms with Gasteiger partial charge in [-0.05, 0) is 13.3 Å². The lowest BCUT2D eigenvalue weighted by atomic mass is 10.1. The zero-order chi connectivity index (χ0) is 17.1. The third kappa shape index (κ3) is 3.37. The molecule has 0 aliphatic carbocycles. The molecule has 0 bridgehead atoms. The molecule has 0 spiro atoms. The minimum atomic E-state index is -0.0274. The fraction of sp³-hybridized carbons (Fsp3) is 0.611. The van der Waals surface area contributed by atoms with E-state index < -0.39 is 0 Å². The third-order valence-electron chi connectivity index (χ3n) is 4.85. The largest absolute Gasteiger partial charge is 0.335 e. The maximum atomic E-state index is 12.4. The first kappa shape index (κ1) is 16.7. The Kier molecular flexibility index (Phi) is 5.02. The van der Waals surface area contributed by atoms with Crippen molar-refractivity contribution in [2.24, 2.45) is 0 Å². The van der Waals surface area contributed by atoms with Crippen LogP contribution in [0.5, 0.6) is 0 Å². The van der Waals surface area contributed by atoms with Gasteiger partial charge in [0, 0.05) is 38.8 Å². The van der Waals surface area contributed by atoms with E-state index in [-0.39, 0.29) is 17.9 Å². The molecule has 6 nitrogen and oxygen atoms in total. The maximum absolute atomic E-state index is 12.4. The average molecular weight is 330 g/mol. The number of fused-ring (bicyclic) bond motifs is 1. The van der Waals surface area contributed by atoms with Gasteiger partial charge in [-0.3, -0.25) is 9.59 Å². The molecule has 2 amide bonds. The molecule has 1 aromatic rings. The Morgan fingerprint density at radius 1 is 1.21 bits per heavy atom. The molecular weight excluding hydrogens is 304 g/mol. The first-order valence-corrected chi connectivity index (χ1v) is 8.88. The summed E-state index contributed by atoms with van der Waals surface area (Å²) in [5.41, 5.74) is 0.802. The number of rotatable bonds is 5. The van der Waals surface area contributed by atoms with E-state index in [2.05, 4.69) is 16.5 Å². The molecule has 1 aromatic heterocycles. The van der Waals surface area contributed by atoms with Gasteiger partial charge in [-0.25, -0.2) is 4.98 Å². The van der Waals surface area contributed by atoms with E-state index in [0.717, 1.165) is 37.4 Å². The van der Waals surface area contributed by atoms with E-state index in [4.69, 9.17) is 0 Å². The first-order valence-electron chi connectivity index (χ1n) is 8.88. The maximum Gasteiger partial charge on any atom is 0.229 e. The van der Waals surface area contributed by atoms with Gasteiger partial charge in [-0.15, -0.1) is 0 Å². The van der Waals surface area contributed by atoms with Crippen LogP contribution >= 0.6 is 0 Å². The molecule has 130 valence electrons. The third-order valence-corrected chi connectivity index (χ3v) is 4.85. The summed E-state index contributed by atoms with van der Waals surface area (Å²) >= 11 is 0. The van der Waals surface area contributed by atoms with E-state index in [1.807, 2.05) is 35.1 Å². The predicted octanol–water partition coefficient (Wildman–Crippen LogP) is 1.92. The fourth-order valence-corrected chi connectivity index (χ4v) is 3.39. The Balaban J connectivity index is 1.67. The molecule has 24 heavy (non-hydrogen) atoms. The molecule has 0 fully saturated rings. The second-order valence-electron chi connectivity index (χ2n) is 6.60. The van der Waals surface area contributed by atoms with Crippen LogP contribution in [-0.2, 0) is 22.6 Å². The highest BCUT2D eigenvalue weighted by Gasteiger charge is 2.29. The smallest absolute Gasteiger partial charge is 0.229 e. The average Bonchev–Trinajstić information content (AvgIpc) is 3.22. The van der Waals surface area contributed by atoms with Crippen molar-refractivity contribution in [1.82, 2.24) is 19.4 Å². The molecule has 2 aliphatic rings. The minimum absolute atomic E-state index is 0.0274. The molecule has 2 aliphatic heterocycles. The number of carbonyl (C=O) groups is 2. The SMILES string of the molecule is CCCCC(=O)N1CCn2cc(CC(=O)N3CC=CC3)nc2C1C. The van der Waals surface area contributed by atoms with Gasteiger partial charge < -0.3 is 14.4 Å². The minimum Gasteiger partial charge on any atom is -0.335 e. The van der Waals surface area contributed by atoms with Crippen LogP contribution in [0.1, 0.15) is 50.7 Å². The van der Waals surface area contributed by atoms with Crippen molar-refractivity contribution < 1.29 is 9.59 Å². The molecule has 0 aromatic carbocycles. The second kappa shape index (κ2) is 7.20. The zero-order valence-corrected chi connectivity index (χ0v) is 14.6. The number of nitrogens with zero attached hydrogens (tertiary/aromatic N) is 4. The van der Waals surface area contributed by atoms with Gasteiger partial charge in [0.05, 0.1) is 18.2 Å². The van der Waals surface area contributed by atoms with Crippen molar-refractivity contribution in [3.63, 3.8) is 0 Å². The number of carbonyl (C=O) groups excluding carboxylic acids is 2. The molecule has 0 N–H and O–H groups in total. The van der Waals surface area contributed by atoms with Crippen LogP contribution in [0.15, 0.2) is 18.3 Å². The molecule has 1 atom stereocenters. The fourth-order valence-electron chi connectivity index (χ4n) is 3.39. The standard InChI is InChI=1S/C18H26N4O2/c1-3-4-7-16(23)22-11-10-21-13-15(19-18(21)14(22)2)12-17(24)20-8-5-6-9-20/h5-6,13-14H,3-4,7-12H2,1-2H3.